The maximum atomic E-state index is 13.2. The Morgan fingerprint density at radius 2 is 2.25 bits per heavy atom. The quantitative estimate of drug-likeness (QED) is 0.680. The molecule has 0 radical (unpaired) electrons. The number of nitrogens with zero attached hydrogens (tertiary/aromatic N) is 1. The van der Waals surface area contributed by atoms with E-state index in [0.29, 0.717) is 0 Å². The first-order valence-electron chi connectivity index (χ1n) is 5.90. The Kier molecular flexibility index (Phi) is 4.84. The van der Waals surface area contributed by atoms with E-state index in [-0.39, 0.29) is 12.4 Å². The lowest BCUT2D eigenvalue weighted by Gasteiger charge is -2.05. The topological polar surface area (TPSA) is 50.7 Å². The number of carbonyl (C=O) groups is 1. The fourth-order valence-corrected chi connectivity index (χ4v) is 2.20. The Labute approximate surface area is 119 Å². The summed E-state index contributed by atoms with van der Waals surface area (Å²) in [4.78, 5) is 12.4. The van der Waals surface area contributed by atoms with E-state index in [2.05, 4.69) is 10.5 Å². The summed E-state index contributed by atoms with van der Waals surface area (Å²) in [5.41, 5.74) is 3.42. The third-order valence-corrected chi connectivity index (χ3v) is 3.42. The SMILES string of the molecule is Cc1ccsc1/C=N\NC(=O)COc1ccccc1F. The van der Waals surface area contributed by atoms with Crippen LogP contribution in [0.1, 0.15) is 10.4 Å². The molecule has 1 N–H and O–H groups in total. The number of hydrogen-bond donors (Lipinski definition) is 1. The average molecular weight is 292 g/mol. The second-order valence-electron chi connectivity index (χ2n) is 3.98. The average Bonchev–Trinajstić information content (AvgIpc) is 2.84. The molecule has 0 saturated carbocycles. The minimum Gasteiger partial charge on any atom is -0.481 e. The molecule has 0 spiro atoms. The van der Waals surface area contributed by atoms with Crippen LogP contribution < -0.4 is 10.2 Å². The smallest absolute Gasteiger partial charge is 0.277 e. The Bertz CT molecular complexity index is 625. The van der Waals surface area contributed by atoms with Crippen molar-refractivity contribution in [3.8, 4) is 5.75 Å². The number of aryl methyl sites for hydroxylation is 1. The second-order valence-corrected chi connectivity index (χ2v) is 4.93. The number of benzene rings is 1. The van der Waals surface area contributed by atoms with E-state index in [4.69, 9.17) is 4.74 Å². The molecule has 104 valence electrons. The minimum atomic E-state index is -0.502. The maximum Gasteiger partial charge on any atom is 0.277 e. The van der Waals surface area contributed by atoms with Crippen LogP contribution in [-0.4, -0.2) is 18.7 Å². The van der Waals surface area contributed by atoms with Crippen molar-refractivity contribution in [2.45, 2.75) is 6.92 Å². The van der Waals surface area contributed by atoms with Gasteiger partial charge in [0, 0.05) is 4.88 Å². The lowest BCUT2D eigenvalue weighted by molar-refractivity contribution is -0.123. The number of hydrogen-bond acceptors (Lipinski definition) is 4. The van der Waals surface area contributed by atoms with Crippen LogP contribution >= 0.6 is 11.3 Å². The molecule has 1 heterocycles. The zero-order chi connectivity index (χ0) is 14.4. The van der Waals surface area contributed by atoms with Crippen LogP contribution in [0.2, 0.25) is 0 Å². The summed E-state index contributed by atoms with van der Waals surface area (Å²) < 4.78 is 18.3. The molecule has 2 rings (SSSR count). The zero-order valence-electron chi connectivity index (χ0n) is 10.8. The summed E-state index contributed by atoms with van der Waals surface area (Å²) in [6.07, 6.45) is 1.57. The molecular formula is C14H13FN2O2S. The molecule has 0 unspecified atom stereocenters. The van der Waals surface area contributed by atoms with Crippen LogP contribution in [0, 0.1) is 12.7 Å². The van der Waals surface area contributed by atoms with Gasteiger partial charge in [0.15, 0.2) is 18.2 Å². The third-order valence-electron chi connectivity index (χ3n) is 2.47. The highest BCUT2D eigenvalue weighted by Crippen LogP contribution is 2.15. The molecule has 4 nitrogen and oxygen atoms in total. The van der Waals surface area contributed by atoms with Gasteiger partial charge < -0.3 is 4.74 Å². The van der Waals surface area contributed by atoms with E-state index in [1.54, 1.807) is 18.3 Å². The third kappa shape index (κ3) is 3.89. The molecule has 20 heavy (non-hydrogen) atoms. The predicted octanol–water partition coefficient (Wildman–Crippen LogP) is 2.72. The number of para-hydroxylation sites is 1. The molecule has 6 heteroatoms. The Morgan fingerprint density at radius 1 is 1.45 bits per heavy atom. The number of carbonyl (C=O) groups excluding carboxylic acids is 1. The number of ether oxygens (including phenoxy) is 1. The summed E-state index contributed by atoms with van der Waals surface area (Å²) in [6.45, 7) is 1.67. The van der Waals surface area contributed by atoms with Crippen LogP contribution in [0.15, 0.2) is 40.8 Å². The molecule has 0 aliphatic heterocycles. The molecule has 0 saturated heterocycles. The first kappa shape index (κ1) is 14.2. The number of thiophene rings is 1. The van der Waals surface area contributed by atoms with Gasteiger partial charge in [-0.15, -0.1) is 11.3 Å². The lowest BCUT2D eigenvalue weighted by atomic mass is 10.3. The lowest BCUT2D eigenvalue weighted by Crippen LogP contribution is -2.24. The number of rotatable bonds is 5. The highest BCUT2D eigenvalue weighted by atomic mass is 32.1. The van der Waals surface area contributed by atoms with Crippen molar-refractivity contribution in [2.75, 3.05) is 6.61 Å². The van der Waals surface area contributed by atoms with Crippen LogP contribution in [-0.2, 0) is 4.79 Å². The highest BCUT2D eigenvalue weighted by Gasteiger charge is 2.05. The van der Waals surface area contributed by atoms with Crippen LogP contribution in [0.25, 0.3) is 0 Å². The van der Waals surface area contributed by atoms with Gasteiger partial charge in [-0.05, 0) is 36.1 Å². The van der Waals surface area contributed by atoms with Crippen molar-refractivity contribution in [1.82, 2.24) is 5.43 Å². The van der Waals surface area contributed by atoms with E-state index in [0.717, 1.165) is 10.4 Å². The first-order valence-corrected chi connectivity index (χ1v) is 6.78. The van der Waals surface area contributed by atoms with Crippen molar-refractivity contribution in [1.29, 1.82) is 0 Å². The Balaban J connectivity index is 1.80. The van der Waals surface area contributed by atoms with Crippen molar-refractivity contribution < 1.29 is 13.9 Å². The zero-order valence-corrected chi connectivity index (χ0v) is 11.6. The van der Waals surface area contributed by atoms with E-state index >= 15 is 0 Å². The molecule has 0 fully saturated rings. The van der Waals surface area contributed by atoms with E-state index < -0.39 is 11.7 Å². The number of halogens is 1. The summed E-state index contributed by atoms with van der Waals surface area (Å²) in [7, 11) is 0. The maximum absolute atomic E-state index is 13.2. The summed E-state index contributed by atoms with van der Waals surface area (Å²) in [6, 6.07) is 7.88. The fourth-order valence-electron chi connectivity index (χ4n) is 1.42. The van der Waals surface area contributed by atoms with Crippen molar-refractivity contribution in [3.05, 3.63) is 52.0 Å². The van der Waals surface area contributed by atoms with Gasteiger partial charge in [0.25, 0.3) is 5.91 Å². The molecule has 0 aliphatic carbocycles. The Hall–Kier alpha value is -2.21. The number of nitrogens with one attached hydrogen (secondary N) is 1. The molecule has 1 amide bonds. The van der Waals surface area contributed by atoms with E-state index in [9.17, 15) is 9.18 Å². The van der Waals surface area contributed by atoms with Gasteiger partial charge in [-0.3, -0.25) is 4.79 Å². The summed E-state index contributed by atoms with van der Waals surface area (Å²) in [5, 5.41) is 5.77. The van der Waals surface area contributed by atoms with Gasteiger partial charge in [-0.1, -0.05) is 12.1 Å². The normalized spacial score (nSPS) is 10.7. The van der Waals surface area contributed by atoms with Gasteiger partial charge >= 0.3 is 0 Å². The summed E-state index contributed by atoms with van der Waals surface area (Å²) in [5.74, 6) is -0.905. The molecule has 0 atom stereocenters. The monoisotopic (exact) mass is 292 g/mol. The van der Waals surface area contributed by atoms with Gasteiger partial charge in [-0.25, -0.2) is 9.82 Å². The van der Waals surface area contributed by atoms with Crippen LogP contribution in [0.5, 0.6) is 5.75 Å². The van der Waals surface area contributed by atoms with Gasteiger partial charge in [0.2, 0.25) is 0 Å². The van der Waals surface area contributed by atoms with Crippen molar-refractivity contribution in [3.63, 3.8) is 0 Å². The fraction of sp³-hybridized carbons (Fsp3) is 0.143. The molecule has 1 aromatic heterocycles. The summed E-state index contributed by atoms with van der Waals surface area (Å²) >= 11 is 1.53. The van der Waals surface area contributed by atoms with Gasteiger partial charge in [0.05, 0.1) is 6.21 Å². The first-order chi connectivity index (χ1) is 9.66. The van der Waals surface area contributed by atoms with Crippen molar-refractivity contribution in [2.24, 2.45) is 5.10 Å². The number of hydrazone groups is 1. The van der Waals surface area contributed by atoms with E-state index in [1.165, 1.54) is 23.5 Å². The second kappa shape index (κ2) is 6.81. The van der Waals surface area contributed by atoms with Crippen LogP contribution in [0.4, 0.5) is 4.39 Å². The predicted molar refractivity (Wildman–Crippen MR) is 76.7 cm³/mol. The highest BCUT2D eigenvalue weighted by molar-refractivity contribution is 7.11. The molecule has 0 aliphatic rings. The van der Waals surface area contributed by atoms with Crippen LogP contribution in [0.3, 0.4) is 0 Å². The standard InChI is InChI=1S/C14H13FN2O2S/c1-10-6-7-20-13(10)8-16-17-14(18)9-19-12-5-3-2-4-11(12)15/h2-8H,9H2,1H3,(H,17,18)/b16-8-. The molecule has 2 aromatic rings. The van der Waals surface area contributed by atoms with Gasteiger partial charge in [0.1, 0.15) is 0 Å². The van der Waals surface area contributed by atoms with Gasteiger partial charge in [-0.2, -0.15) is 5.10 Å². The Morgan fingerprint density at radius 3 is 2.95 bits per heavy atom. The largest absolute Gasteiger partial charge is 0.481 e. The molecule has 0 bridgehead atoms. The van der Waals surface area contributed by atoms with E-state index in [1.807, 2.05) is 18.4 Å². The minimum absolute atomic E-state index is 0.0423. The molecular weight excluding hydrogens is 279 g/mol. The van der Waals surface area contributed by atoms with Crippen molar-refractivity contribution >= 4 is 23.5 Å². The number of amides is 1. The molecule has 1 aromatic carbocycles.